The Balaban J connectivity index is 0.00000121. The van der Waals surface area contributed by atoms with Gasteiger partial charge in [-0.2, -0.15) is 0 Å². The van der Waals surface area contributed by atoms with E-state index in [1.165, 1.54) is 0 Å². The first-order valence-corrected chi connectivity index (χ1v) is 3.61. The third-order valence-electron chi connectivity index (χ3n) is 1.83. The predicted molar refractivity (Wildman–Crippen MR) is 45.2 cm³/mol. The molecule has 1 aliphatic rings. The van der Waals surface area contributed by atoms with E-state index in [9.17, 15) is 9.59 Å². The molecule has 2 N–H and O–H groups in total. The van der Waals surface area contributed by atoms with Crippen LogP contribution < -0.4 is 5.32 Å². The molecule has 0 bridgehead atoms. The fourth-order valence-electron chi connectivity index (χ4n) is 1.31. The summed E-state index contributed by atoms with van der Waals surface area (Å²) in [7, 11) is 0. The van der Waals surface area contributed by atoms with Gasteiger partial charge in [0.05, 0.1) is 5.92 Å². The van der Waals surface area contributed by atoms with Crippen molar-refractivity contribution < 1.29 is 14.7 Å². The van der Waals surface area contributed by atoms with Crippen molar-refractivity contribution in [2.45, 2.75) is 25.8 Å². The third kappa shape index (κ3) is 2.70. The Labute approximate surface area is 76.7 Å². The van der Waals surface area contributed by atoms with Gasteiger partial charge in [0.25, 0.3) is 0 Å². The number of rotatable bonds is 1. The van der Waals surface area contributed by atoms with E-state index in [0.29, 0.717) is 6.42 Å². The smallest absolute Gasteiger partial charge is 0.307 e. The van der Waals surface area contributed by atoms with Gasteiger partial charge in [0.15, 0.2) is 0 Å². The highest BCUT2D eigenvalue weighted by Gasteiger charge is 2.28. The summed E-state index contributed by atoms with van der Waals surface area (Å²) in [5.74, 6) is -1.51. The van der Waals surface area contributed by atoms with Crippen LogP contribution in [0.25, 0.3) is 0 Å². The molecule has 1 aliphatic heterocycles. The summed E-state index contributed by atoms with van der Waals surface area (Å²) >= 11 is 0. The lowest BCUT2D eigenvalue weighted by atomic mass is 9.93. The molecule has 1 amide bonds. The number of carbonyl (C=O) groups is 2. The summed E-state index contributed by atoms with van der Waals surface area (Å²) in [5, 5.41) is 11.3. The van der Waals surface area contributed by atoms with Crippen molar-refractivity contribution >= 4 is 24.3 Å². The monoisotopic (exact) mass is 193 g/mol. The van der Waals surface area contributed by atoms with Crippen molar-refractivity contribution in [3.05, 3.63) is 0 Å². The van der Waals surface area contributed by atoms with Crippen LogP contribution in [-0.4, -0.2) is 23.0 Å². The number of hydrogen-bond donors (Lipinski definition) is 2. The van der Waals surface area contributed by atoms with Crippen molar-refractivity contribution in [3.63, 3.8) is 0 Å². The minimum atomic E-state index is -0.869. The SMILES string of the molecule is C[C@@H]1C[C@H](C(=O)O)CC(=O)N1.Cl. The molecular formula is C7H12ClNO3. The number of aliphatic carboxylic acids is 1. The highest BCUT2D eigenvalue weighted by atomic mass is 35.5. The first kappa shape index (κ1) is 11.2. The average Bonchev–Trinajstić information content (AvgIpc) is 1.85. The van der Waals surface area contributed by atoms with E-state index >= 15 is 0 Å². The number of piperidine rings is 1. The molecule has 0 aromatic rings. The Morgan fingerprint density at radius 2 is 2.25 bits per heavy atom. The number of carbonyl (C=O) groups excluding carboxylic acids is 1. The summed E-state index contributed by atoms with van der Waals surface area (Å²) in [6.07, 6.45) is 0.667. The van der Waals surface area contributed by atoms with E-state index in [4.69, 9.17) is 5.11 Å². The molecular weight excluding hydrogens is 182 g/mol. The van der Waals surface area contributed by atoms with Crippen LogP contribution in [0, 0.1) is 5.92 Å². The summed E-state index contributed by atoms with van der Waals surface area (Å²) in [6, 6.07) is -0.00245. The number of amides is 1. The summed E-state index contributed by atoms with van der Waals surface area (Å²) in [4.78, 5) is 21.3. The maximum Gasteiger partial charge on any atom is 0.307 e. The lowest BCUT2D eigenvalue weighted by Gasteiger charge is -2.24. The Hall–Kier alpha value is -0.770. The van der Waals surface area contributed by atoms with Crippen molar-refractivity contribution in [3.8, 4) is 0 Å². The van der Waals surface area contributed by atoms with Gasteiger partial charge in [-0.25, -0.2) is 0 Å². The second-order valence-corrected chi connectivity index (χ2v) is 2.94. The molecule has 0 saturated carbocycles. The van der Waals surface area contributed by atoms with Gasteiger partial charge in [-0.05, 0) is 13.3 Å². The number of carboxylic acids is 1. The first-order chi connectivity index (χ1) is 5.09. The Morgan fingerprint density at radius 1 is 1.67 bits per heavy atom. The highest BCUT2D eigenvalue weighted by molar-refractivity contribution is 5.85. The minimum absolute atomic E-state index is 0. The fourth-order valence-corrected chi connectivity index (χ4v) is 1.31. The Bertz CT molecular complexity index is 195. The van der Waals surface area contributed by atoms with Gasteiger partial charge in [0.1, 0.15) is 0 Å². The first-order valence-electron chi connectivity index (χ1n) is 3.61. The van der Waals surface area contributed by atoms with E-state index in [1.54, 1.807) is 0 Å². The van der Waals surface area contributed by atoms with Crippen molar-refractivity contribution in [1.29, 1.82) is 0 Å². The number of halogens is 1. The van der Waals surface area contributed by atoms with E-state index in [2.05, 4.69) is 5.32 Å². The maximum absolute atomic E-state index is 10.8. The molecule has 1 heterocycles. The second-order valence-electron chi connectivity index (χ2n) is 2.94. The lowest BCUT2D eigenvalue weighted by molar-refractivity contribution is -0.146. The molecule has 70 valence electrons. The molecule has 0 aliphatic carbocycles. The maximum atomic E-state index is 10.8. The molecule has 0 spiro atoms. The standard InChI is InChI=1S/C7H11NO3.ClH/c1-4-2-5(7(10)11)3-6(9)8-4;/h4-5H,2-3H2,1H3,(H,8,9)(H,10,11);1H/t4-,5+;/m1./s1. The van der Waals surface area contributed by atoms with Gasteiger partial charge in [-0.15, -0.1) is 12.4 Å². The van der Waals surface area contributed by atoms with Crippen LogP contribution in [0.2, 0.25) is 0 Å². The molecule has 1 fully saturated rings. The largest absolute Gasteiger partial charge is 0.481 e. The predicted octanol–water partition coefficient (Wildman–Crippen LogP) is 0.408. The number of carboxylic acid groups (broad SMARTS) is 1. The van der Waals surface area contributed by atoms with Crippen LogP contribution in [0.15, 0.2) is 0 Å². The van der Waals surface area contributed by atoms with Crippen LogP contribution in [0.1, 0.15) is 19.8 Å². The van der Waals surface area contributed by atoms with Crippen molar-refractivity contribution in [2.75, 3.05) is 0 Å². The van der Waals surface area contributed by atoms with Crippen LogP contribution in [-0.2, 0) is 9.59 Å². The zero-order valence-corrected chi connectivity index (χ0v) is 7.56. The molecule has 0 aromatic carbocycles. The van der Waals surface area contributed by atoms with Gasteiger partial charge in [-0.3, -0.25) is 9.59 Å². The summed E-state index contributed by atoms with van der Waals surface area (Å²) < 4.78 is 0. The number of nitrogens with one attached hydrogen (secondary N) is 1. The Morgan fingerprint density at radius 3 is 2.67 bits per heavy atom. The molecule has 2 atom stereocenters. The van der Waals surface area contributed by atoms with Crippen LogP contribution in [0.3, 0.4) is 0 Å². The van der Waals surface area contributed by atoms with Crippen LogP contribution in [0.4, 0.5) is 0 Å². The topological polar surface area (TPSA) is 66.4 Å². The number of hydrogen-bond acceptors (Lipinski definition) is 2. The van der Waals surface area contributed by atoms with Crippen LogP contribution >= 0.6 is 12.4 Å². The zero-order valence-electron chi connectivity index (χ0n) is 6.74. The quantitative estimate of drug-likeness (QED) is 0.634. The second kappa shape index (κ2) is 4.30. The van der Waals surface area contributed by atoms with E-state index in [0.717, 1.165) is 0 Å². The molecule has 1 rings (SSSR count). The Kier molecular flexibility index (Phi) is 4.03. The van der Waals surface area contributed by atoms with Gasteiger partial charge in [-0.1, -0.05) is 0 Å². The summed E-state index contributed by atoms with van der Waals surface area (Å²) in [6.45, 7) is 1.81. The molecule has 0 radical (unpaired) electrons. The van der Waals surface area contributed by atoms with Gasteiger partial charge in [0, 0.05) is 12.5 Å². The van der Waals surface area contributed by atoms with E-state index < -0.39 is 11.9 Å². The van der Waals surface area contributed by atoms with E-state index in [1.807, 2.05) is 6.92 Å². The lowest BCUT2D eigenvalue weighted by Crippen LogP contribution is -2.42. The normalized spacial score (nSPS) is 28.6. The minimum Gasteiger partial charge on any atom is -0.481 e. The average molecular weight is 194 g/mol. The van der Waals surface area contributed by atoms with Gasteiger partial charge < -0.3 is 10.4 Å². The molecule has 0 aromatic heterocycles. The van der Waals surface area contributed by atoms with Crippen molar-refractivity contribution in [2.24, 2.45) is 5.92 Å². The highest BCUT2D eigenvalue weighted by Crippen LogP contribution is 2.16. The molecule has 0 unspecified atom stereocenters. The third-order valence-corrected chi connectivity index (χ3v) is 1.83. The summed E-state index contributed by atoms with van der Waals surface area (Å²) in [5.41, 5.74) is 0. The van der Waals surface area contributed by atoms with Gasteiger partial charge >= 0.3 is 5.97 Å². The van der Waals surface area contributed by atoms with Crippen molar-refractivity contribution in [1.82, 2.24) is 5.32 Å². The molecule has 12 heavy (non-hydrogen) atoms. The zero-order chi connectivity index (χ0) is 8.43. The van der Waals surface area contributed by atoms with Crippen LogP contribution in [0.5, 0.6) is 0 Å². The molecule has 1 saturated heterocycles. The van der Waals surface area contributed by atoms with E-state index in [-0.39, 0.29) is 30.8 Å². The molecule has 4 nitrogen and oxygen atoms in total. The van der Waals surface area contributed by atoms with Gasteiger partial charge in [0.2, 0.25) is 5.91 Å². The fraction of sp³-hybridized carbons (Fsp3) is 0.714. The molecule has 5 heteroatoms.